The van der Waals surface area contributed by atoms with Crippen molar-refractivity contribution in [2.45, 2.75) is 70.7 Å². The maximum atomic E-state index is 13.9. The summed E-state index contributed by atoms with van der Waals surface area (Å²) in [4.78, 5) is 20.9. The highest BCUT2D eigenvalue weighted by molar-refractivity contribution is 7.99. The first-order valence-electron chi connectivity index (χ1n) is 11.5. The molecule has 0 saturated carbocycles. The van der Waals surface area contributed by atoms with Gasteiger partial charge in [0, 0.05) is 17.1 Å². The number of rotatable bonds is 9. The van der Waals surface area contributed by atoms with Crippen LogP contribution < -0.4 is 10.3 Å². The summed E-state index contributed by atoms with van der Waals surface area (Å²) in [5.74, 6) is 2.14. The van der Waals surface area contributed by atoms with E-state index in [0.717, 1.165) is 55.8 Å². The Bertz CT molecular complexity index is 1120. The molecule has 7 heteroatoms. The van der Waals surface area contributed by atoms with Crippen LogP contribution in [-0.4, -0.2) is 28.5 Å². The normalized spacial score (nSPS) is 16.0. The van der Waals surface area contributed by atoms with Crippen molar-refractivity contribution in [3.05, 3.63) is 45.1 Å². The number of fused-ring (bicyclic) bond motifs is 3. The van der Waals surface area contributed by atoms with E-state index in [1.165, 1.54) is 19.3 Å². The molecule has 0 N–H and O–H groups in total. The number of nitrogens with zero attached hydrogens (tertiary/aromatic N) is 2. The Labute approximate surface area is 198 Å². The van der Waals surface area contributed by atoms with E-state index in [0.29, 0.717) is 12.5 Å². The molecule has 3 heterocycles. The number of aromatic nitrogens is 2. The van der Waals surface area contributed by atoms with Crippen LogP contribution in [0.1, 0.15) is 56.9 Å². The minimum Gasteiger partial charge on any atom is -0.497 e. The fraction of sp³-hybridized carbons (Fsp3) is 0.520. The van der Waals surface area contributed by atoms with Gasteiger partial charge in [0.15, 0.2) is 5.16 Å². The Morgan fingerprint density at radius 1 is 1.25 bits per heavy atom. The zero-order valence-corrected chi connectivity index (χ0v) is 21.0. The molecule has 0 saturated heterocycles. The Hall–Kier alpha value is -1.83. The van der Waals surface area contributed by atoms with E-state index < -0.39 is 0 Å². The third-order valence-electron chi connectivity index (χ3n) is 6.01. The molecule has 1 atom stereocenters. The molecule has 1 unspecified atom stereocenters. The molecule has 1 aliphatic rings. The van der Waals surface area contributed by atoms with Gasteiger partial charge < -0.3 is 9.47 Å². The van der Waals surface area contributed by atoms with Crippen LogP contribution in [0.25, 0.3) is 15.9 Å². The van der Waals surface area contributed by atoms with Crippen molar-refractivity contribution in [2.75, 3.05) is 12.9 Å². The number of thiophene rings is 1. The van der Waals surface area contributed by atoms with Gasteiger partial charge in [-0.15, -0.1) is 11.3 Å². The lowest BCUT2D eigenvalue weighted by atomic mass is 9.96. The standard InChI is InChI=1S/C25H32N2O3S2/c1-5-6-7-8-13-31-25-26-23-22(19-14-20(16(2)3)30-15-21(19)32-23)24(28)27(25)17-9-11-18(29-4)12-10-17/h9-12,16,20H,5-8,13-15H2,1-4H3. The molecular formula is C25H32N2O3S2. The monoisotopic (exact) mass is 472 g/mol. The van der Waals surface area contributed by atoms with Crippen LogP contribution >= 0.6 is 23.1 Å². The molecule has 5 nitrogen and oxygen atoms in total. The van der Waals surface area contributed by atoms with Crippen LogP contribution in [0.3, 0.4) is 0 Å². The number of ether oxygens (including phenoxy) is 2. The molecule has 172 valence electrons. The molecule has 0 spiro atoms. The zero-order chi connectivity index (χ0) is 22.7. The fourth-order valence-electron chi connectivity index (χ4n) is 4.08. The average Bonchev–Trinajstić information content (AvgIpc) is 3.17. The highest BCUT2D eigenvalue weighted by Gasteiger charge is 2.28. The maximum Gasteiger partial charge on any atom is 0.267 e. The largest absolute Gasteiger partial charge is 0.497 e. The van der Waals surface area contributed by atoms with Gasteiger partial charge in [-0.2, -0.15) is 0 Å². The number of methoxy groups -OCH3 is 1. The van der Waals surface area contributed by atoms with Crippen molar-refractivity contribution in [3.8, 4) is 11.4 Å². The summed E-state index contributed by atoms with van der Waals surface area (Å²) in [6.45, 7) is 7.13. The molecular weight excluding hydrogens is 440 g/mol. The van der Waals surface area contributed by atoms with Crippen LogP contribution in [0.4, 0.5) is 0 Å². The highest BCUT2D eigenvalue weighted by Crippen LogP contribution is 2.36. The SMILES string of the molecule is CCCCCCSc1nc2sc3c(c2c(=O)n1-c1ccc(OC)cc1)CC(C(C)C)OC3. The maximum absolute atomic E-state index is 13.9. The Balaban J connectivity index is 1.79. The Morgan fingerprint density at radius 3 is 2.72 bits per heavy atom. The molecule has 4 rings (SSSR count). The van der Waals surface area contributed by atoms with E-state index in [4.69, 9.17) is 14.5 Å². The predicted molar refractivity (Wildman–Crippen MR) is 134 cm³/mol. The topological polar surface area (TPSA) is 53.4 Å². The quantitative estimate of drug-likeness (QED) is 0.210. The third kappa shape index (κ3) is 4.75. The number of hydrogen-bond acceptors (Lipinski definition) is 6. The minimum absolute atomic E-state index is 0.0260. The lowest BCUT2D eigenvalue weighted by Crippen LogP contribution is -2.28. The van der Waals surface area contributed by atoms with Gasteiger partial charge in [0.25, 0.3) is 5.56 Å². The molecule has 1 aliphatic heterocycles. The Kier molecular flexibility index (Phi) is 7.59. The number of hydrogen-bond donors (Lipinski definition) is 0. The molecule has 0 radical (unpaired) electrons. The van der Waals surface area contributed by atoms with Gasteiger partial charge in [0.2, 0.25) is 0 Å². The molecule has 0 aliphatic carbocycles. The van der Waals surface area contributed by atoms with Gasteiger partial charge in [-0.3, -0.25) is 9.36 Å². The van der Waals surface area contributed by atoms with Gasteiger partial charge in [-0.05, 0) is 42.2 Å². The summed E-state index contributed by atoms with van der Waals surface area (Å²) in [7, 11) is 1.65. The van der Waals surface area contributed by atoms with Crippen molar-refractivity contribution in [1.29, 1.82) is 0 Å². The molecule has 0 amide bonds. The van der Waals surface area contributed by atoms with Crippen molar-refractivity contribution < 1.29 is 9.47 Å². The van der Waals surface area contributed by atoms with E-state index in [9.17, 15) is 4.79 Å². The summed E-state index contributed by atoms with van der Waals surface area (Å²) < 4.78 is 13.2. The first-order valence-corrected chi connectivity index (χ1v) is 13.3. The second-order valence-corrected chi connectivity index (χ2v) is 10.8. The van der Waals surface area contributed by atoms with Crippen molar-refractivity contribution in [2.24, 2.45) is 5.92 Å². The van der Waals surface area contributed by atoms with Crippen LogP contribution in [0, 0.1) is 5.92 Å². The van der Waals surface area contributed by atoms with Gasteiger partial charge >= 0.3 is 0 Å². The summed E-state index contributed by atoms with van der Waals surface area (Å²) in [6.07, 6.45) is 5.70. The van der Waals surface area contributed by atoms with Gasteiger partial charge in [-0.25, -0.2) is 4.98 Å². The average molecular weight is 473 g/mol. The zero-order valence-electron chi connectivity index (χ0n) is 19.3. The van der Waals surface area contributed by atoms with Gasteiger partial charge in [0.05, 0.1) is 30.9 Å². The van der Waals surface area contributed by atoms with Crippen LogP contribution in [0.15, 0.2) is 34.2 Å². The summed E-state index contributed by atoms with van der Waals surface area (Å²) in [6, 6.07) is 7.67. The first-order chi connectivity index (χ1) is 15.5. The van der Waals surface area contributed by atoms with Crippen molar-refractivity contribution >= 4 is 33.3 Å². The van der Waals surface area contributed by atoms with E-state index in [1.807, 2.05) is 24.3 Å². The second-order valence-electron chi connectivity index (χ2n) is 8.62. The summed E-state index contributed by atoms with van der Waals surface area (Å²) in [5, 5.41) is 1.54. The first kappa shape index (κ1) is 23.3. The Morgan fingerprint density at radius 2 is 2.03 bits per heavy atom. The van der Waals surface area contributed by atoms with Crippen molar-refractivity contribution in [3.63, 3.8) is 0 Å². The predicted octanol–water partition coefficient (Wildman–Crippen LogP) is 6.23. The third-order valence-corrected chi connectivity index (χ3v) is 8.14. The molecule has 1 aromatic carbocycles. The number of benzene rings is 1. The lowest BCUT2D eigenvalue weighted by molar-refractivity contribution is 0.00200. The van der Waals surface area contributed by atoms with E-state index in [2.05, 4.69) is 20.8 Å². The molecule has 32 heavy (non-hydrogen) atoms. The van der Waals surface area contributed by atoms with E-state index in [1.54, 1.807) is 34.8 Å². The smallest absolute Gasteiger partial charge is 0.267 e. The minimum atomic E-state index is 0.0260. The fourth-order valence-corrected chi connectivity index (χ4v) is 6.26. The van der Waals surface area contributed by atoms with Gasteiger partial charge in [-0.1, -0.05) is 51.8 Å². The van der Waals surface area contributed by atoms with Crippen molar-refractivity contribution in [1.82, 2.24) is 9.55 Å². The van der Waals surface area contributed by atoms with Crippen LogP contribution in [0.5, 0.6) is 5.75 Å². The number of thioether (sulfide) groups is 1. The summed E-state index contributed by atoms with van der Waals surface area (Å²) >= 11 is 3.30. The lowest BCUT2D eigenvalue weighted by Gasteiger charge is -2.26. The molecule has 2 aromatic heterocycles. The van der Waals surface area contributed by atoms with E-state index in [-0.39, 0.29) is 11.7 Å². The number of unbranched alkanes of at least 4 members (excludes halogenated alkanes) is 3. The molecule has 0 bridgehead atoms. The molecule has 3 aromatic rings. The highest BCUT2D eigenvalue weighted by atomic mass is 32.2. The summed E-state index contributed by atoms with van der Waals surface area (Å²) in [5.41, 5.74) is 1.99. The van der Waals surface area contributed by atoms with Crippen LogP contribution in [0.2, 0.25) is 0 Å². The molecule has 0 fully saturated rings. The van der Waals surface area contributed by atoms with Gasteiger partial charge in [0.1, 0.15) is 10.6 Å². The van der Waals surface area contributed by atoms with Crippen LogP contribution in [-0.2, 0) is 17.8 Å². The van der Waals surface area contributed by atoms with E-state index >= 15 is 0 Å². The second kappa shape index (κ2) is 10.4.